The number of hydrogen-bond acceptors (Lipinski definition) is 4. The topological polar surface area (TPSA) is 37.8 Å². The molecule has 0 saturated heterocycles. The monoisotopic (exact) mass is 281 g/mol. The van der Waals surface area contributed by atoms with Crippen LogP contribution in [0, 0.1) is 0 Å². The van der Waals surface area contributed by atoms with Crippen molar-refractivity contribution in [3.05, 3.63) is 10.0 Å². The third-order valence-corrected chi connectivity index (χ3v) is 5.20. The van der Waals surface area contributed by atoms with E-state index in [-0.39, 0.29) is 5.54 Å². The molecular weight excluding hydrogens is 254 g/mol. The third kappa shape index (κ3) is 4.25. The Morgan fingerprint density at radius 1 is 1.21 bits per heavy atom. The van der Waals surface area contributed by atoms with E-state index in [4.69, 9.17) is 0 Å². The maximum Gasteiger partial charge on any atom is 0.123 e. The summed E-state index contributed by atoms with van der Waals surface area (Å²) in [6.45, 7) is 10.0. The molecule has 1 N–H and O–H groups in total. The maximum atomic E-state index is 4.45. The summed E-state index contributed by atoms with van der Waals surface area (Å²) in [6, 6.07) is 0. The lowest BCUT2D eigenvalue weighted by Crippen LogP contribution is -2.36. The fraction of sp³-hybridized carbons (Fsp3) is 0.867. The van der Waals surface area contributed by atoms with Crippen LogP contribution >= 0.6 is 11.3 Å². The van der Waals surface area contributed by atoms with Crippen molar-refractivity contribution in [3.63, 3.8) is 0 Å². The van der Waals surface area contributed by atoms with E-state index in [9.17, 15) is 0 Å². The van der Waals surface area contributed by atoms with Gasteiger partial charge in [0.15, 0.2) is 0 Å². The number of aromatic nitrogens is 2. The highest BCUT2D eigenvalue weighted by molar-refractivity contribution is 7.11. The third-order valence-electron chi connectivity index (χ3n) is 3.91. The SMILES string of the molecule is CC(C)(C)NCCCc1nnc(C2(C)CCCC2)s1. The van der Waals surface area contributed by atoms with Gasteiger partial charge < -0.3 is 5.32 Å². The van der Waals surface area contributed by atoms with Crippen LogP contribution in [0.1, 0.15) is 69.8 Å². The zero-order valence-corrected chi connectivity index (χ0v) is 13.6. The van der Waals surface area contributed by atoms with Crippen molar-refractivity contribution >= 4 is 11.3 Å². The quantitative estimate of drug-likeness (QED) is 0.836. The smallest absolute Gasteiger partial charge is 0.123 e. The van der Waals surface area contributed by atoms with Crippen LogP contribution in [0.25, 0.3) is 0 Å². The van der Waals surface area contributed by atoms with Gasteiger partial charge in [-0.2, -0.15) is 0 Å². The van der Waals surface area contributed by atoms with E-state index >= 15 is 0 Å². The first-order valence-corrected chi connectivity index (χ1v) is 8.29. The summed E-state index contributed by atoms with van der Waals surface area (Å²) < 4.78 is 0. The van der Waals surface area contributed by atoms with Gasteiger partial charge in [0.05, 0.1) is 0 Å². The molecule has 1 heterocycles. The minimum Gasteiger partial charge on any atom is -0.312 e. The molecule has 1 aromatic rings. The van der Waals surface area contributed by atoms with Gasteiger partial charge in [-0.05, 0) is 46.6 Å². The fourth-order valence-corrected chi connectivity index (χ4v) is 3.75. The number of nitrogens with zero attached hydrogens (tertiary/aromatic N) is 2. The predicted molar refractivity (Wildman–Crippen MR) is 81.8 cm³/mol. The molecule has 0 spiro atoms. The van der Waals surface area contributed by atoms with Crippen LogP contribution in [-0.2, 0) is 11.8 Å². The average Bonchev–Trinajstić information content (AvgIpc) is 2.93. The molecule has 0 aliphatic heterocycles. The Labute approximate surface area is 121 Å². The highest BCUT2D eigenvalue weighted by Crippen LogP contribution is 2.41. The van der Waals surface area contributed by atoms with Crippen molar-refractivity contribution in [1.29, 1.82) is 0 Å². The lowest BCUT2D eigenvalue weighted by Gasteiger charge is -2.20. The Morgan fingerprint density at radius 3 is 2.53 bits per heavy atom. The summed E-state index contributed by atoms with van der Waals surface area (Å²) in [5.41, 5.74) is 0.531. The van der Waals surface area contributed by atoms with Crippen molar-refractivity contribution in [2.45, 2.75) is 77.2 Å². The van der Waals surface area contributed by atoms with Crippen LogP contribution in [-0.4, -0.2) is 22.3 Å². The van der Waals surface area contributed by atoms with Gasteiger partial charge in [-0.15, -0.1) is 21.5 Å². The van der Waals surface area contributed by atoms with Crippen molar-refractivity contribution in [1.82, 2.24) is 15.5 Å². The molecule has 1 saturated carbocycles. The van der Waals surface area contributed by atoms with E-state index in [2.05, 4.69) is 43.2 Å². The zero-order valence-electron chi connectivity index (χ0n) is 12.8. The number of aryl methyl sites for hydroxylation is 1. The molecule has 0 bridgehead atoms. The second-order valence-electron chi connectivity index (χ2n) is 7.05. The molecule has 1 aliphatic carbocycles. The van der Waals surface area contributed by atoms with Gasteiger partial charge >= 0.3 is 0 Å². The lowest BCUT2D eigenvalue weighted by atomic mass is 9.90. The standard InChI is InChI=1S/C15H27N3S/c1-14(2,3)16-11-7-8-12-17-18-13(19-12)15(4)9-5-6-10-15/h16H,5-11H2,1-4H3. The van der Waals surface area contributed by atoms with Crippen molar-refractivity contribution < 1.29 is 0 Å². The first-order chi connectivity index (χ1) is 8.89. The Morgan fingerprint density at radius 2 is 1.89 bits per heavy atom. The van der Waals surface area contributed by atoms with Gasteiger partial charge in [-0.25, -0.2) is 0 Å². The van der Waals surface area contributed by atoms with E-state index < -0.39 is 0 Å². The predicted octanol–water partition coefficient (Wildman–Crippen LogP) is 3.69. The van der Waals surface area contributed by atoms with E-state index in [1.54, 1.807) is 0 Å². The minimum atomic E-state index is 0.212. The second kappa shape index (κ2) is 5.88. The summed E-state index contributed by atoms with van der Waals surface area (Å²) in [7, 11) is 0. The molecular formula is C15H27N3S. The van der Waals surface area contributed by atoms with Crippen molar-refractivity contribution in [2.24, 2.45) is 0 Å². The zero-order chi connectivity index (χ0) is 13.9. The van der Waals surface area contributed by atoms with Gasteiger partial charge in [-0.3, -0.25) is 0 Å². The first kappa shape index (κ1) is 14.9. The van der Waals surface area contributed by atoms with Gasteiger partial charge in [0.2, 0.25) is 0 Å². The van der Waals surface area contributed by atoms with Crippen LogP contribution in [0.15, 0.2) is 0 Å². The molecule has 4 heteroatoms. The van der Waals surface area contributed by atoms with Gasteiger partial charge in [0.1, 0.15) is 10.0 Å². The number of rotatable bonds is 5. The Kier molecular flexibility index (Phi) is 4.62. The number of hydrogen-bond donors (Lipinski definition) is 1. The summed E-state index contributed by atoms with van der Waals surface area (Å²) in [4.78, 5) is 0. The van der Waals surface area contributed by atoms with Gasteiger partial charge in [0.25, 0.3) is 0 Å². The molecule has 0 amide bonds. The van der Waals surface area contributed by atoms with E-state index in [0.717, 1.165) is 19.4 Å². The molecule has 0 aromatic carbocycles. The largest absolute Gasteiger partial charge is 0.312 e. The minimum absolute atomic E-state index is 0.212. The van der Waals surface area contributed by atoms with E-state index in [0.29, 0.717) is 5.41 Å². The highest BCUT2D eigenvalue weighted by atomic mass is 32.1. The Balaban J connectivity index is 1.81. The van der Waals surface area contributed by atoms with Crippen LogP contribution in [0.5, 0.6) is 0 Å². The van der Waals surface area contributed by atoms with Crippen molar-refractivity contribution in [2.75, 3.05) is 6.54 Å². The van der Waals surface area contributed by atoms with Crippen LogP contribution in [0.2, 0.25) is 0 Å². The van der Waals surface area contributed by atoms with Crippen LogP contribution in [0.3, 0.4) is 0 Å². The molecule has 2 rings (SSSR count). The molecule has 19 heavy (non-hydrogen) atoms. The van der Waals surface area contributed by atoms with E-state index in [1.165, 1.54) is 35.7 Å². The molecule has 0 atom stereocenters. The summed E-state index contributed by atoms with van der Waals surface area (Å²) in [5.74, 6) is 0. The van der Waals surface area contributed by atoms with Crippen molar-refractivity contribution in [3.8, 4) is 0 Å². The molecule has 1 aliphatic rings. The van der Waals surface area contributed by atoms with Crippen LogP contribution < -0.4 is 5.32 Å². The molecule has 0 unspecified atom stereocenters. The van der Waals surface area contributed by atoms with E-state index in [1.807, 2.05) is 11.3 Å². The molecule has 0 radical (unpaired) electrons. The summed E-state index contributed by atoms with van der Waals surface area (Å²) >= 11 is 1.84. The van der Waals surface area contributed by atoms with Gasteiger partial charge in [0, 0.05) is 17.4 Å². The summed E-state index contributed by atoms with van der Waals surface area (Å²) in [6.07, 6.45) is 7.46. The molecule has 1 aromatic heterocycles. The second-order valence-corrected chi connectivity index (χ2v) is 8.11. The van der Waals surface area contributed by atoms with Gasteiger partial charge in [-0.1, -0.05) is 19.8 Å². The van der Waals surface area contributed by atoms with Crippen LogP contribution in [0.4, 0.5) is 0 Å². The maximum absolute atomic E-state index is 4.45. The normalized spacial score (nSPS) is 18.9. The summed E-state index contributed by atoms with van der Waals surface area (Å²) in [5, 5.41) is 14.8. The first-order valence-electron chi connectivity index (χ1n) is 7.47. The molecule has 3 nitrogen and oxygen atoms in total. The Bertz CT molecular complexity index is 400. The molecule has 1 fully saturated rings. The lowest BCUT2D eigenvalue weighted by molar-refractivity contribution is 0.422. The number of nitrogens with one attached hydrogen (secondary N) is 1. The Hall–Kier alpha value is -0.480. The average molecular weight is 281 g/mol. The highest BCUT2D eigenvalue weighted by Gasteiger charge is 2.33. The molecule has 108 valence electrons. The fourth-order valence-electron chi connectivity index (χ4n) is 2.67.